The molecular formula is C17H20N2O2S. The van der Waals surface area contributed by atoms with Gasteiger partial charge < -0.3 is 11.1 Å². The summed E-state index contributed by atoms with van der Waals surface area (Å²) in [5.41, 5.74) is 7.83. The van der Waals surface area contributed by atoms with Crippen LogP contribution in [-0.2, 0) is 11.2 Å². The van der Waals surface area contributed by atoms with Crippen molar-refractivity contribution in [3.63, 3.8) is 0 Å². The van der Waals surface area contributed by atoms with Gasteiger partial charge in [-0.3, -0.25) is 9.59 Å². The number of hydrogen-bond donors (Lipinski definition) is 2. The quantitative estimate of drug-likeness (QED) is 0.886. The van der Waals surface area contributed by atoms with Crippen molar-refractivity contribution in [2.24, 2.45) is 5.73 Å². The van der Waals surface area contributed by atoms with Crippen LogP contribution in [0.1, 0.15) is 46.1 Å². The van der Waals surface area contributed by atoms with Gasteiger partial charge in [0.25, 0.3) is 5.91 Å². The molecule has 4 nitrogen and oxygen atoms in total. The fraction of sp³-hybridized carbons (Fsp3) is 0.294. The second kappa shape index (κ2) is 6.75. The fourth-order valence-corrected chi connectivity index (χ4v) is 3.23. The monoisotopic (exact) mass is 316 g/mol. The molecule has 0 aliphatic heterocycles. The molecule has 0 spiro atoms. The zero-order valence-corrected chi connectivity index (χ0v) is 13.8. The lowest BCUT2D eigenvalue weighted by atomic mass is 10.1. The van der Waals surface area contributed by atoms with Gasteiger partial charge in [-0.1, -0.05) is 43.7 Å². The minimum Gasteiger partial charge on any atom is -0.366 e. The second-order valence-corrected chi connectivity index (χ2v) is 6.71. The molecule has 1 aromatic carbocycles. The number of nitrogens with one attached hydrogen (secondary N) is 1. The Balaban J connectivity index is 2.15. The summed E-state index contributed by atoms with van der Waals surface area (Å²) in [7, 11) is 0. The zero-order valence-electron chi connectivity index (χ0n) is 13.0. The van der Waals surface area contributed by atoms with Gasteiger partial charge in [-0.25, -0.2) is 0 Å². The van der Waals surface area contributed by atoms with E-state index in [9.17, 15) is 9.59 Å². The van der Waals surface area contributed by atoms with Gasteiger partial charge >= 0.3 is 0 Å². The summed E-state index contributed by atoms with van der Waals surface area (Å²) in [6.45, 7) is 6.06. The number of benzene rings is 1. The van der Waals surface area contributed by atoms with E-state index in [0.29, 0.717) is 10.6 Å². The summed E-state index contributed by atoms with van der Waals surface area (Å²) < 4.78 is 0. The number of primary amides is 1. The number of rotatable bonds is 5. The summed E-state index contributed by atoms with van der Waals surface area (Å²) in [4.78, 5) is 24.7. The van der Waals surface area contributed by atoms with Crippen LogP contribution in [0.15, 0.2) is 30.3 Å². The van der Waals surface area contributed by atoms with Crippen LogP contribution in [0, 0.1) is 6.92 Å². The van der Waals surface area contributed by atoms with Crippen molar-refractivity contribution in [1.29, 1.82) is 0 Å². The van der Waals surface area contributed by atoms with Gasteiger partial charge in [-0.05, 0) is 24.5 Å². The van der Waals surface area contributed by atoms with Gasteiger partial charge in [0.1, 0.15) is 5.00 Å². The topological polar surface area (TPSA) is 72.2 Å². The van der Waals surface area contributed by atoms with Crippen molar-refractivity contribution < 1.29 is 9.59 Å². The molecule has 2 aromatic rings. The van der Waals surface area contributed by atoms with Gasteiger partial charge in [0.05, 0.1) is 12.0 Å². The van der Waals surface area contributed by atoms with Crippen LogP contribution in [0.3, 0.4) is 0 Å². The third kappa shape index (κ3) is 3.95. The Morgan fingerprint density at radius 3 is 2.59 bits per heavy atom. The van der Waals surface area contributed by atoms with E-state index >= 15 is 0 Å². The van der Waals surface area contributed by atoms with Crippen molar-refractivity contribution in [2.45, 2.75) is 33.1 Å². The first-order valence-electron chi connectivity index (χ1n) is 7.15. The highest BCUT2D eigenvalue weighted by molar-refractivity contribution is 7.16. The molecule has 0 saturated carbocycles. The molecule has 0 aliphatic rings. The molecule has 2 amide bonds. The minimum absolute atomic E-state index is 0.148. The Kier molecular flexibility index (Phi) is 4.98. The number of carbonyl (C=O) groups is 2. The average molecular weight is 316 g/mol. The van der Waals surface area contributed by atoms with E-state index in [0.717, 1.165) is 16.0 Å². The lowest BCUT2D eigenvalue weighted by Crippen LogP contribution is -2.17. The summed E-state index contributed by atoms with van der Waals surface area (Å²) in [5, 5.41) is 3.35. The van der Waals surface area contributed by atoms with Gasteiger partial charge in [-0.2, -0.15) is 0 Å². The summed E-state index contributed by atoms with van der Waals surface area (Å²) in [5.74, 6) is -0.384. The molecule has 5 heteroatoms. The van der Waals surface area contributed by atoms with Crippen molar-refractivity contribution in [1.82, 2.24) is 0 Å². The fourth-order valence-electron chi connectivity index (χ4n) is 2.15. The van der Waals surface area contributed by atoms with Crippen LogP contribution in [0.25, 0.3) is 0 Å². The molecule has 0 radical (unpaired) electrons. The van der Waals surface area contributed by atoms with E-state index in [-0.39, 0.29) is 18.2 Å². The third-order valence-electron chi connectivity index (χ3n) is 3.29. The molecule has 1 heterocycles. The summed E-state index contributed by atoms with van der Waals surface area (Å²) in [6.07, 6.45) is 0.273. The van der Waals surface area contributed by atoms with Crippen LogP contribution in [-0.4, -0.2) is 11.8 Å². The predicted octanol–water partition coefficient (Wildman–Crippen LogP) is 3.46. The molecule has 0 bridgehead atoms. The summed E-state index contributed by atoms with van der Waals surface area (Å²) in [6, 6.07) is 9.56. The molecule has 0 atom stereocenters. The SMILES string of the molecule is Cc1cccc(CC(=O)Nc2sc(C(C)C)cc2C(N)=O)c1. The maximum atomic E-state index is 12.2. The van der Waals surface area contributed by atoms with E-state index in [1.54, 1.807) is 6.07 Å². The van der Waals surface area contributed by atoms with Crippen LogP contribution in [0.4, 0.5) is 5.00 Å². The molecule has 0 saturated heterocycles. The van der Waals surface area contributed by atoms with Gasteiger partial charge in [0, 0.05) is 4.88 Å². The largest absolute Gasteiger partial charge is 0.366 e. The molecule has 116 valence electrons. The van der Waals surface area contributed by atoms with Crippen molar-refractivity contribution in [2.75, 3.05) is 5.32 Å². The zero-order chi connectivity index (χ0) is 16.3. The Labute approximate surface area is 134 Å². The first-order chi connectivity index (χ1) is 10.4. The lowest BCUT2D eigenvalue weighted by Gasteiger charge is -2.05. The molecule has 3 N–H and O–H groups in total. The van der Waals surface area contributed by atoms with Crippen molar-refractivity contribution >= 4 is 28.2 Å². The maximum absolute atomic E-state index is 12.2. The smallest absolute Gasteiger partial charge is 0.251 e. The lowest BCUT2D eigenvalue weighted by molar-refractivity contribution is -0.115. The van der Waals surface area contributed by atoms with Crippen LogP contribution >= 0.6 is 11.3 Å². The maximum Gasteiger partial charge on any atom is 0.251 e. The molecule has 22 heavy (non-hydrogen) atoms. The van der Waals surface area contributed by atoms with E-state index in [1.165, 1.54) is 11.3 Å². The van der Waals surface area contributed by atoms with Gasteiger partial charge in [-0.15, -0.1) is 11.3 Å². The molecule has 0 fully saturated rings. The minimum atomic E-state index is -0.519. The van der Waals surface area contributed by atoms with E-state index in [2.05, 4.69) is 5.32 Å². The van der Waals surface area contributed by atoms with E-state index in [4.69, 9.17) is 5.73 Å². The van der Waals surface area contributed by atoms with E-state index in [1.807, 2.05) is 45.0 Å². The third-order valence-corrected chi connectivity index (χ3v) is 4.64. The Bertz CT molecular complexity index is 704. The van der Waals surface area contributed by atoms with E-state index < -0.39 is 5.91 Å². The van der Waals surface area contributed by atoms with Crippen molar-refractivity contribution in [3.05, 3.63) is 51.9 Å². The van der Waals surface area contributed by atoms with Crippen LogP contribution in [0.2, 0.25) is 0 Å². The number of carbonyl (C=O) groups excluding carboxylic acids is 2. The Morgan fingerprint density at radius 2 is 2.00 bits per heavy atom. The first-order valence-corrected chi connectivity index (χ1v) is 7.97. The normalized spacial score (nSPS) is 10.7. The van der Waals surface area contributed by atoms with Gasteiger partial charge in [0.2, 0.25) is 5.91 Å². The number of amides is 2. The number of thiophene rings is 1. The number of hydrogen-bond acceptors (Lipinski definition) is 3. The van der Waals surface area contributed by atoms with Gasteiger partial charge in [0.15, 0.2) is 0 Å². The number of nitrogens with two attached hydrogens (primary N) is 1. The predicted molar refractivity (Wildman–Crippen MR) is 90.4 cm³/mol. The average Bonchev–Trinajstić information content (AvgIpc) is 2.82. The Morgan fingerprint density at radius 1 is 1.27 bits per heavy atom. The second-order valence-electron chi connectivity index (χ2n) is 5.62. The van der Waals surface area contributed by atoms with Crippen molar-refractivity contribution in [3.8, 4) is 0 Å². The number of anilines is 1. The summed E-state index contributed by atoms with van der Waals surface area (Å²) >= 11 is 1.41. The molecular weight excluding hydrogens is 296 g/mol. The highest BCUT2D eigenvalue weighted by Crippen LogP contribution is 2.32. The standard InChI is InChI=1S/C17H20N2O2S/c1-10(2)14-9-13(16(18)21)17(22-14)19-15(20)8-12-6-4-5-11(3)7-12/h4-7,9-10H,8H2,1-3H3,(H2,18,21)(H,19,20). The Hall–Kier alpha value is -2.14. The van der Waals surface area contributed by atoms with Crippen LogP contribution in [0.5, 0.6) is 0 Å². The molecule has 0 unspecified atom stereocenters. The number of aryl methyl sites for hydroxylation is 1. The molecule has 0 aliphatic carbocycles. The first kappa shape index (κ1) is 16.2. The highest BCUT2D eigenvalue weighted by Gasteiger charge is 2.17. The van der Waals surface area contributed by atoms with Crippen LogP contribution < -0.4 is 11.1 Å². The molecule has 2 rings (SSSR count). The molecule has 1 aromatic heterocycles. The highest BCUT2D eigenvalue weighted by atomic mass is 32.1.